The van der Waals surface area contributed by atoms with Crippen LogP contribution in [-0.4, -0.2) is 12.0 Å². The van der Waals surface area contributed by atoms with E-state index >= 15 is 0 Å². The van der Waals surface area contributed by atoms with Crippen molar-refractivity contribution in [3.05, 3.63) is 45.9 Å². The summed E-state index contributed by atoms with van der Waals surface area (Å²) < 4.78 is 5.78. The van der Waals surface area contributed by atoms with Crippen molar-refractivity contribution in [3.63, 3.8) is 0 Å². The quantitative estimate of drug-likeness (QED) is 0.838. The van der Waals surface area contributed by atoms with Gasteiger partial charge in [-0.25, -0.2) is 4.98 Å². The van der Waals surface area contributed by atoms with Crippen molar-refractivity contribution >= 4 is 11.3 Å². The molecule has 0 radical (unpaired) electrons. The molecule has 1 aromatic carbocycles. The standard InChI is InChI=1S/C16H22N2OS/c1-4-12(2)13-5-7-15(8-6-13)19-10-14-11-20-16(18-14)9-17-3/h5-8,11-12,17H,4,9-10H2,1-3H3. The van der Waals surface area contributed by atoms with Crippen LogP contribution >= 0.6 is 11.3 Å². The molecule has 0 aliphatic rings. The van der Waals surface area contributed by atoms with Gasteiger partial charge in [-0.1, -0.05) is 26.0 Å². The van der Waals surface area contributed by atoms with Gasteiger partial charge in [0.15, 0.2) is 0 Å². The summed E-state index contributed by atoms with van der Waals surface area (Å²) in [5, 5.41) is 6.25. The number of hydrogen-bond acceptors (Lipinski definition) is 4. The Morgan fingerprint density at radius 1 is 1.30 bits per heavy atom. The van der Waals surface area contributed by atoms with E-state index in [1.165, 1.54) is 5.56 Å². The fraction of sp³-hybridized carbons (Fsp3) is 0.438. The number of nitrogens with zero attached hydrogens (tertiary/aromatic N) is 1. The van der Waals surface area contributed by atoms with Crippen LogP contribution in [0.25, 0.3) is 0 Å². The zero-order valence-electron chi connectivity index (χ0n) is 12.3. The maximum absolute atomic E-state index is 5.78. The van der Waals surface area contributed by atoms with Crippen LogP contribution in [0.3, 0.4) is 0 Å². The van der Waals surface area contributed by atoms with E-state index < -0.39 is 0 Å². The van der Waals surface area contributed by atoms with Crippen LogP contribution in [0.4, 0.5) is 0 Å². The molecule has 108 valence electrons. The van der Waals surface area contributed by atoms with E-state index in [1.807, 2.05) is 19.2 Å². The van der Waals surface area contributed by atoms with Gasteiger partial charge in [0.25, 0.3) is 0 Å². The van der Waals surface area contributed by atoms with E-state index in [4.69, 9.17) is 4.74 Å². The Kier molecular flexibility index (Phi) is 5.56. The van der Waals surface area contributed by atoms with Crippen LogP contribution in [0, 0.1) is 0 Å². The van der Waals surface area contributed by atoms with E-state index in [2.05, 4.69) is 41.7 Å². The van der Waals surface area contributed by atoms with Gasteiger partial charge in [0.1, 0.15) is 17.4 Å². The third-order valence-corrected chi connectivity index (χ3v) is 4.27. The lowest BCUT2D eigenvalue weighted by atomic mass is 9.99. The molecule has 1 aromatic heterocycles. The minimum atomic E-state index is 0.531. The molecule has 0 aliphatic heterocycles. The Morgan fingerprint density at radius 3 is 2.70 bits per heavy atom. The minimum absolute atomic E-state index is 0.531. The fourth-order valence-corrected chi connectivity index (χ4v) is 2.72. The normalized spacial score (nSPS) is 12.3. The van der Waals surface area contributed by atoms with Gasteiger partial charge in [-0.2, -0.15) is 0 Å². The van der Waals surface area contributed by atoms with Crippen molar-refractivity contribution in [1.82, 2.24) is 10.3 Å². The smallest absolute Gasteiger partial charge is 0.131 e. The average molecular weight is 290 g/mol. The third kappa shape index (κ3) is 4.05. The van der Waals surface area contributed by atoms with Crippen LogP contribution in [-0.2, 0) is 13.2 Å². The lowest BCUT2D eigenvalue weighted by molar-refractivity contribution is 0.301. The largest absolute Gasteiger partial charge is 0.487 e. The first-order chi connectivity index (χ1) is 9.72. The summed E-state index contributed by atoms with van der Waals surface area (Å²) in [5.74, 6) is 1.51. The first-order valence-electron chi connectivity index (χ1n) is 7.03. The monoisotopic (exact) mass is 290 g/mol. The van der Waals surface area contributed by atoms with Crippen molar-refractivity contribution in [1.29, 1.82) is 0 Å². The Morgan fingerprint density at radius 2 is 2.05 bits per heavy atom. The van der Waals surface area contributed by atoms with Gasteiger partial charge in [0, 0.05) is 11.9 Å². The van der Waals surface area contributed by atoms with Gasteiger partial charge in [0.05, 0.1) is 5.69 Å². The predicted octanol–water partition coefficient (Wildman–Crippen LogP) is 3.96. The molecule has 20 heavy (non-hydrogen) atoms. The van der Waals surface area contributed by atoms with E-state index in [9.17, 15) is 0 Å². The van der Waals surface area contributed by atoms with Gasteiger partial charge in [-0.15, -0.1) is 11.3 Å². The number of ether oxygens (including phenoxy) is 1. The highest BCUT2D eigenvalue weighted by molar-refractivity contribution is 7.09. The molecule has 2 aromatic rings. The first-order valence-corrected chi connectivity index (χ1v) is 7.91. The van der Waals surface area contributed by atoms with Crippen molar-refractivity contribution < 1.29 is 4.74 Å². The number of thiazole rings is 1. The zero-order valence-corrected chi connectivity index (χ0v) is 13.2. The molecule has 1 atom stereocenters. The molecule has 4 heteroatoms. The van der Waals surface area contributed by atoms with Gasteiger partial charge in [0.2, 0.25) is 0 Å². The van der Waals surface area contributed by atoms with Crippen molar-refractivity contribution in [2.75, 3.05) is 7.05 Å². The van der Waals surface area contributed by atoms with E-state index in [0.29, 0.717) is 12.5 Å². The molecule has 2 rings (SSSR count). The highest BCUT2D eigenvalue weighted by Crippen LogP contribution is 2.22. The summed E-state index contributed by atoms with van der Waals surface area (Å²) in [4.78, 5) is 4.51. The van der Waals surface area contributed by atoms with Crippen molar-refractivity contribution in [2.45, 2.75) is 39.3 Å². The summed E-state index contributed by atoms with van der Waals surface area (Å²) in [7, 11) is 1.93. The fourth-order valence-electron chi connectivity index (χ4n) is 1.93. The molecule has 1 unspecified atom stereocenters. The number of hydrogen-bond donors (Lipinski definition) is 1. The van der Waals surface area contributed by atoms with E-state index in [1.54, 1.807) is 11.3 Å². The van der Waals surface area contributed by atoms with E-state index in [0.717, 1.165) is 29.4 Å². The number of nitrogens with one attached hydrogen (secondary N) is 1. The first kappa shape index (κ1) is 15.0. The van der Waals surface area contributed by atoms with Crippen LogP contribution < -0.4 is 10.1 Å². The molecule has 0 saturated heterocycles. The van der Waals surface area contributed by atoms with E-state index in [-0.39, 0.29) is 0 Å². The van der Waals surface area contributed by atoms with Crippen LogP contribution in [0.2, 0.25) is 0 Å². The molecular weight excluding hydrogens is 268 g/mol. The number of aromatic nitrogens is 1. The summed E-state index contributed by atoms with van der Waals surface area (Å²) in [6, 6.07) is 8.39. The van der Waals surface area contributed by atoms with Crippen molar-refractivity contribution in [2.24, 2.45) is 0 Å². The molecule has 3 nitrogen and oxygen atoms in total. The predicted molar refractivity (Wildman–Crippen MR) is 84.4 cm³/mol. The topological polar surface area (TPSA) is 34.1 Å². The second-order valence-corrected chi connectivity index (χ2v) is 5.87. The molecule has 1 heterocycles. The van der Waals surface area contributed by atoms with Crippen LogP contribution in [0.1, 0.15) is 42.5 Å². The summed E-state index contributed by atoms with van der Waals surface area (Å²) in [6.07, 6.45) is 1.16. The van der Waals surface area contributed by atoms with Gasteiger partial charge < -0.3 is 10.1 Å². The minimum Gasteiger partial charge on any atom is -0.487 e. The summed E-state index contributed by atoms with van der Waals surface area (Å²) >= 11 is 1.66. The Labute approximate surface area is 125 Å². The third-order valence-electron chi connectivity index (χ3n) is 3.38. The average Bonchev–Trinajstić information content (AvgIpc) is 2.93. The number of benzene rings is 1. The highest BCUT2D eigenvalue weighted by atomic mass is 32.1. The molecular formula is C16H22N2OS. The Hall–Kier alpha value is -1.39. The molecule has 0 saturated carbocycles. The van der Waals surface area contributed by atoms with Crippen LogP contribution in [0.5, 0.6) is 5.75 Å². The Bertz CT molecular complexity index is 522. The zero-order chi connectivity index (χ0) is 14.4. The lowest BCUT2D eigenvalue weighted by Crippen LogP contribution is -2.05. The van der Waals surface area contributed by atoms with Crippen LogP contribution in [0.15, 0.2) is 29.6 Å². The van der Waals surface area contributed by atoms with Gasteiger partial charge in [-0.3, -0.25) is 0 Å². The number of rotatable bonds is 7. The lowest BCUT2D eigenvalue weighted by Gasteiger charge is -2.10. The van der Waals surface area contributed by atoms with Gasteiger partial charge >= 0.3 is 0 Å². The molecule has 0 spiro atoms. The van der Waals surface area contributed by atoms with Gasteiger partial charge in [-0.05, 0) is 37.1 Å². The maximum Gasteiger partial charge on any atom is 0.131 e. The molecule has 1 N–H and O–H groups in total. The molecule has 0 amide bonds. The molecule has 0 aliphatic carbocycles. The second kappa shape index (κ2) is 7.41. The molecule has 0 fully saturated rings. The SMILES string of the molecule is CCC(C)c1ccc(OCc2csc(CNC)n2)cc1. The Balaban J connectivity index is 1.89. The maximum atomic E-state index is 5.78. The molecule has 0 bridgehead atoms. The highest BCUT2D eigenvalue weighted by Gasteiger charge is 2.04. The summed E-state index contributed by atoms with van der Waals surface area (Å²) in [6.45, 7) is 5.80. The summed E-state index contributed by atoms with van der Waals surface area (Å²) in [5.41, 5.74) is 2.36. The second-order valence-electron chi connectivity index (χ2n) is 4.93. The van der Waals surface area contributed by atoms with Crippen molar-refractivity contribution in [3.8, 4) is 5.75 Å².